The molecular weight excluding hydrogens is 296 g/mol. The minimum absolute atomic E-state index is 0.0182. The van der Waals surface area contributed by atoms with Crippen molar-refractivity contribution in [3.8, 4) is 0 Å². The Hall–Kier alpha value is -0.690. The second-order valence-electron chi connectivity index (χ2n) is 6.55. The van der Waals surface area contributed by atoms with E-state index in [1.807, 2.05) is 0 Å². The maximum Gasteiger partial charge on any atom is 0.306 e. The van der Waals surface area contributed by atoms with E-state index < -0.39 is 0 Å². The average molecular weight is 329 g/mol. The van der Waals surface area contributed by atoms with Gasteiger partial charge in [0.2, 0.25) is 0 Å². The van der Waals surface area contributed by atoms with Gasteiger partial charge in [-0.3, -0.25) is 9.69 Å². The lowest BCUT2D eigenvalue weighted by Crippen LogP contribution is -3.15. The van der Waals surface area contributed by atoms with E-state index in [0.717, 1.165) is 85.0 Å². The van der Waals surface area contributed by atoms with Gasteiger partial charge in [0.25, 0.3) is 0 Å². The van der Waals surface area contributed by atoms with Crippen molar-refractivity contribution in [1.82, 2.24) is 4.90 Å². The molecule has 6 heteroatoms. The Morgan fingerprint density at radius 2 is 1.83 bits per heavy atom. The molecule has 134 valence electrons. The lowest BCUT2D eigenvalue weighted by molar-refractivity contribution is -0.910. The van der Waals surface area contributed by atoms with E-state index in [9.17, 15) is 4.79 Å². The maximum absolute atomic E-state index is 12.1. The molecule has 0 bridgehead atoms. The zero-order valence-corrected chi connectivity index (χ0v) is 14.6. The first-order valence-electron chi connectivity index (χ1n) is 9.19. The van der Waals surface area contributed by atoms with Crippen LogP contribution in [0.3, 0.4) is 0 Å². The Morgan fingerprint density at radius 1 is 1.13 bits per heavy atom. The summed E-state index contributed by atoms with van der Waals surface area (Å²) in [5, 5.41) is 0. The van der Waals surface area contributed by atoms with Crippen molar-refractivity contribution in [3.63, 3.8) is 0 Å². The number of hydrogen-bond donors (Lipinski definition) is 1. The SMILES string of the molecule is CCCCCC(=O)OC(CN1CCOCC1)C[NH+]1CCOCC1. The van der Waals surface area contributed by atoms with Gasteiger partial charge in [-0.15, -0.1) is 0 Å². The van der Waals surface area contributed by atoms with Crippen LogP contribution in [0, 0.1) is 0 Å². The highest BCUT2D eigenvalue weighted by molar-refractivity contribution is 5.69. The highest BCUT2D eigenvalue weighted by Crippen LogP contribution is 2.05. The summed E-state index contributed by atoms with van der Waals surface area (Å²) in [5.41, 5.74) is 0. The van der Waals surface area contributed by atoms with Gasteiger partial charge in [0.05, 0.1) is 26.4 Å². The Labute approximate surface area is 140 Å². The molecule has 1 N–H and O–H groups in total. The number of carbonyl (C=O) groups is 1. The standard InChI is InChI=1S/C17H32N2O4/c1-2-3-4-5-17(20)23-16(14-18-6-10-21-11-7-18)15-19-8-12-22-13-9-19/h16H,2-15H2,1H3/p+1. The molecule has 2 heterocycles. The van der Waals surface area contributed by atoms with Crippen molar-refractivity contribution in [3.05, 3.63) is 0 Å². The Bertz CT molecular complexity index is 309. The predicted octanol–water partition coefficient (Wildman–Crippen LogP) is -0.274. The second-order valence-corrected chi connectivity index (χ2v) is 6.55. The number of morpholine rings is 2. The fraction of sp³-hybridized carbons (Fsp3) is 0.941. The summed E-state index contributed by atoms with van der Waals surface area (Å²) in [5.74, 6) is -0.0376. The predicted molar refractivity (Wildman–Crippen MR) is 87.7 cm³/mol. The van der Waals surface area contributed by atoms with Crippen molar-refractivity contribution < 1.29 is 23.9 Å². The van der Waals surface area contributed by atoms with Gasteiger partial charge in [-0.1, -0.05) is 19.8 Å². The molecule has 2 saturated heterocycles. The number of nitrogens with zero attached hydrogens (tertiary/aromatic N) is 1. The third-order valence-corrected chi connectivity index (χ3v) is 4.56. The van der Waals surface area contributed by atoms with E-state index in [4.69, 9.17) is 14.2 Å². The topological polar surface area (TPSA) is 52.4 Å². The van der Waals surface area contributed by atoms with E-state index in [-0.39, 0.29) is 12.1 Å². The first-order valence-corrected chi connectivity index (χ1v) is 9.19. The van der Waals surface area contributed by atoms with E-state index in [2.05, 4.69) is 11.8 Å². The average Bonchev–Trinajstić information content (AvgIpc) is 2.57. The summed E-state index contributed by atoms with van der Waals surface area (Å²) in [7, 11) is 0. The van der Waals surface area contributed by atoms with E-state index in [1.54, 1.807) is 0 Å². The van der Waals surface area contributed by atoms with Crippen molar-refractivity contribution >= 4 is 5.97 Å². The minimum Gasteiger partial charge on any atom is -0.455 e. The lowest BCUT2D eigenvalue weighted by Gasteiger charge is -2.32. The van der Waals surface area contributed by atoms with Crippen LogP contribution in [0.15, 0.2) is 0 Å². The summed E-state index contributed by atoms with van der Waals surface area (Å²) >= 11 is 0. The van der Waals surface area contributed by atoms with Crippen LogP contribution in [0.25, 0.3) is 0 Å². The number of rotatable bonds is 9. The van der Waals surface area contributed by atoms with E-state index in [0.29, 0.717) is 6.42 Å². The van der Waals surface area contributed by atoms with Crippen LogP contribution in [-0.2, 0) is 19.0 Å². The summed E-state index contributed by atoms with van der Waals surface area (Å²) < 4.78 is 16.6. The Morgan fingerprint density at radius 3 is 2.52 bits per heavy atom. The van der Waals surface area contributed by atoms with Crippen molar-refractivity contribution in [1.29, 1.82) is 0 Å². The molecule has 0 saturated carbocycles. The molecule has 1 unspecified atom stereocenters. The molecule has 0 aliphatic carbocycles. The van der Waals surface area contributed by atoms with E-state index >= 15 is 0 Å². The van der Waals surface area contributed by atoms with Gasteiger partial charge in [-0.05, 0) is 6.42 Å². The summed E-state index contributed by atoms with van der Waals surface area (Å²) in [6.07, 6.45) is 3.69. The molecule has 1 atom stereocenters. The molecule has 6 nitrogen and oxygen atoms in total. The molecular formula is C17H33N2O4+. The third kappa shape index (κ3) is 7.61. The fourth-order valence-corrected chi connectivity index (χ4v) is 3.17. The smallest absolute Gasteiger partial charge is 0.306 e. The summed E-state index contributed by atoms with van der Waals surface area (Å²) in [4.78, 5) is 15.9. The van der Waals surface area contributed by atoms with Gasteiger partial charge in [0.1, 0.15) is 19.6 Å². The van der Waals surface area contributed by atoms with Gasteiger partial charge in [-0.25, -0.2) is 0 Å². The number of carbonyl (C=O) groups excluding carboxylic acids is 1. The number of quaternary nitrogens is 1. The third-order valence-electron chi connectivity index (χ3n) is 4.56. The summed E-state index contributed by atoms with van der Waals surface area (Å²) in [6, 6.07) is 0. The van der Waals surface area contributed by atoms with Crippen molar-refractivity contribution in [2.45, 2.75) is 38.7 Å². The molecule has 2 rings (SSSR count). The Kier molecular flexibility index (Phi) is 8.89. The van der Waals surface area contributed by atoms with Gasteiger partial charge in [0, 0.05) is 26.1 Å². The van der Waals surface area contributed by atoms with Crippen molar-refractivity contribution in [2.75, 3.05) is 65.7 Å². The van der Waals surface area contributed by atoms with E-state index in [1.165, 1.54) is 4.90 Å². The molecule has 0 aromatic carbocycles. The highest BCUT2D eigenvalue weighted by atomic mass is 16.5. The van der Waals surface area contributed by atoms with Gasteiger partial charge >= 0.3 is 5.97 Å². The van der Waals surface area contributed by atoms with Gasteiger partial charge in [0.15, 0.2) is 6.10 Å². The molecule has 0 amide bonds. The van der Waals surface area contributed by atoms with Crippen LogP contribution in [0.5, 0.6) is 0 Å². The molecule has 0 aromatic rings. The zero-order valence-electron chi connectivity index (χ0n) is 14.6. The Balaban J connectivity index is 1.80. The maximum atomic E-state index is 12.1. The zero-order chi connectivity index (χ0) is 16.3. The number of nitrogens with one attached hydrogen (secondary N) is 1. The molecule has 2 aliphatic heterocycles. The molecule has 23 heavy (non-hydrogen) atoms. The molecule has 2 aliphatic rings. The quantitative estimate of drug-likeness (QED) is 0.466. The van der Waals surface area contributed by atoms with Crippen LogP contribution in [0.1, 0.15) is 32.6 Å². The van der Waals surface area contributed by atoms with Crippen molar-refractivity contribution in [2.24, 2.45) is 0 Å². The van der Waals surface area contributed by atoms with Crippen LogP contribution in [0.4, 0.5) is 0 Å². The van der Waals surface area contributed by atoms with Crippen LogP contribution in [-0.4, -0.2) is 82.7 Å². The monoisotopic (exact) mass is 329 g/mol. The minimum atomic E-state index is -0.0376. The fourth-order valence-electron chi connectivity index (χ4n) is 3.17. The first kappa shape index (κ1) is 18.6. The first-order chi connectivity index (χ1) is 11.3. The number of hydrogen-bond acceptors (Lipinski definition) is 5. The number of unbranched alkanes of at least 4 members (excludes halogenated alkanes) is 2. The number of esters is 1. The van der Waals surface area contributed by atoms with Gasteiger partial charge in [-0.2, -0.15) is 0 Å². The normalized spacial score (nSPS) is 22.0. The molecule has 0 radical (unpaired) electrons. The summed E-state index contributed by atoms with van der Waals surface area (Å²) in [6.45, 7) is 10.9. The molecule has 2 fully saturated rings. The second kappa shape index (κ2) is 11.0. The van der Waals surface area contributed by atoms with Gasteiger partial charge < -0.3 is 19.1 Å². The number of ether oxygens (including phenoxy) is 3. The molecule has 0 aromatic heterocycles. The lowest BCUT2D eigenvalue weighted by atomic mass is 10.2. The van der Waals surface area contributed by atoms with Crippen LogP contribution in [0.2, 0.25) is 0 Å². The van der Waals surface area contributed by atoms with Crippen LogP contribution < -0.4 is 4.90 Å². The highest BCUT2D eigenvalue weighted by Gasteiger charge is 2.25. The van der Waals surface area contributed by atoms with Crippen LogP contribution >= 0.6 is 0 Å². The molecule has 0 spiro atoms. The largest absolute Gasteiger partial charge is 0.455 e.